The van der Waals surface area contributed by atoms with Gasteiger partial charge in [-0.2, -0.15) is 0 Å². The number of halogens is 3. The summed E-state index contributed by atoms with van der Waals surface area (Å²) >= 11 is 3.37. The van der Waals surface area contributed by atoms with Gasteiger partial charge in [0.25, 0.3) is 0 Å². The number of anilines is 1. The molecule has 124 valence electrons. The van der Waals surface area contributed by atoms with E-state index in [0.29, 0.717) is 6.61 Å². The molecule has 0 amide bonds. The van der Waals surface area contributed by atoms with Crippen LogP contribution >= 0.6 is 39.9 Å². The predicted octanol–water partition coefficient (Wildman–Crippen LogP) is 4.28. The largest absolute Gasteiger partial charge is 0.380 e. The van der Waals surface area contributed by atoms with Gasteiger partial charge in [-0.1, -0.05) is 34.1 Å². The second-order valence-corrected chi connectivity index (χ2v) is 5.51. The molecule has 0 radical (unpaired) electrons. The zero-order valence-corrected chi connectivity index (χ0v) is 16.5. The normalized spacial score (nSPS) is 11.0. The summed E-state index contributed by atoms with van der Waals surface area (Å²) in [7, 11) is 1.63. The van der Waals surface area contributed by atoms with Crippen LogP contribution in [0.15, 0.2) is 51.9 Å². The maximum absolute atomic E-state index is 13.2. The Labute approximate surface area is 160 Å². The lowest BCUT2D eigenvalue weighted by molar-refractivity contribution is 0.185. The Morgan fingerprint density at radius 1 is 1.26 bits per heavy atom. The second-order valence-electron chi connectivity index (χ2n) is 4.65. The lowest BCUT2D eigenvalue weighted by atomic mass is 10.2. The van der Waals surface area contributed by atoms with Crippen molar-refractivity contribution in [2.24, 2.45) is 10.7 Å². The van der Waals surface area contributed by atoms with Gasteiger partial charge in [0.15, 0.2) is 5.96 Å². The van der Waals surface area contributed by atoms with E-state index in [4.69, 9.17) is 10.5 Å². The Kier molecular flexibility index (Phi) is 8.49. The van der Waals surface area contributed by atoms with Crippen LogP contribution < -0.4 is 11.1 Å². The molecule has 2 aromatic carbocycles. The molecule has 0 fully saturated rings. The van der Waals surface area contributed by atoms with Gasteiger partial charge in [-0.15, -0.1) is 24.0 Å². The molecule has 2 rings (SSSR count). The second kappa shape index (κ2) is 9.84. The first-order valence-electron chi connectivity index (χ1n) is 6.68. The number of ether oxygens (including phenoxy) is 1. The molecule has 3 N–H and O–H groups in total. The smallest absolute Gasteiger partial charge is 0.193 e. The van der Waals surface area contributed by atoms with Gasteiger partial charge >= 0.3 is 0 Å². The molecule has 0 saturated heterocycles. The van der Waals surface area contributed by atoms with Gasteiger partial charge in [-0.05, 0) is 29.8 Å². The van der Waals surface area contributed by atoms with Crippen LogP contribution in [0.4, 0.5) is 10.1 Å². The van der Waals surface area contributed by atoms with E-state index in [1.807, 2.05) is 24.3 Å². The summed E-state index contributed by atoms with van der Waals surface area (Å²) in [6.07, 6.45) is 0. The van der Waals surface area contributed by atoms with Crippen molar-refractivity contribution in [2.75, 3.05) is 12.4 Å². The standard InChI is InChI=1S/C16H17BrFN3O.HI/c1-22-10-11-4-2-3-5-15(11)21-16(19)20-9-12-8-13(18)6-7-14(12)17;/h2-8H,9-10H2,1H3,(H3,19,20,21);1H. The molecule has 4 nitrogen and oxygen atoms in total. The highest BCUT2D eigenvalue weighted by molar-refractivity contribution is 14.0. The minimum atomic E-state index is -0.301. The van der Waals surface area contributed by atoms with Crippen LogP contribution in [0.1, 0.15) is 11.1 Å². The molecule has 0 aromatic heterocycles. The van der Waals surface area contributed by atoms with Crippen LogP contribution in [0, 0.1) is 5.82 Å². The number of hydrogen-bond donors (Lipinski definition) is 2. The van der Waals surface area contributed by atoms with Gasteiger partial charge in [0.1, 0.15) is 5.82 Å². The number of nitrogens with two attached hydrogens (primary N) is 1. The molecule has 7 heteroatoms. The predicted molar refractivity (Wildman–Crippen MR) is 106 cm³/mol. The molecule has 2 aromatic rings. The van der Waals surface area contributed by atoms with Crippen molar-refractivity contribution in [3.8, 4) is 0 Å². The number of benzene rings is 2. The van der Waals surface area contributed by atoms with Crippen LogP contribution in [0.2, 0.25) is 0 Å². The van der Waals surface area contributed by atoms with Gasteiger partial charge in [0.2, 0.25) is 0 Å². The highest BCUT2D eigenvalue weighted by Crippen LogP contribution is 2.19. The number of para-hydroxylation sites is 1. The molecule has 0 saturated carbocycles. The molecule has 23 heavy (non-hydrogen) atoms. The summed E-state index contributed by atoms with van der Waals surface area (Å²) in [6.45, 7) is 0.759. The summed E-state index contributed by atoms with van der Waals surface area (Å²) in [4.78, 5) is 4.24. The number of aliphatic imine (C=N–C) groups is 1. The van der Waals surface area contributed by atoms with E-state index in [-0.39, 0.29) is 42.3 Å². The maximum atomic E-state index is 13.2. The topological polar surface area (TPSA) is 59.6 Å². The number of hydrogen-bond acceptors (Lipinski definition) is 2. The van der Waals surface area contributed by atoms with Gasteiger partial charge in [-0.25, -0.2) is 9.38 Å². The molecule has 0 bridgehead atoms. The van der Waals surface area contributed by atoms with E-state index in [1.165, 1.54) is 12.1 Å². The molecule has 0 spiro atoms. The van der Waals surface area contributed by atoms with E-state index < -0.39 is 0 Å². The summed E-state index contributed by atoms with van der Waals surface area (Å²) in [5, 5.41) is 3.04. The fourth-order valence-corrected chi connectivity index (χ4v) is 2.31. The fraction of sp³-hybridized carbons (Fsp3) is 0.188. The SMILES string of the molecule is COCc1ccccc1NC(N)=NCc1cc(F)ccc1Br.I. The lowest BCUT2D eigenvalue weighted by Gasteiger charge is -2.11. The quantitative estimate of drug-likeness (QED) is 0.371. The molecule has 0 heterocycles. The molecule has 0 aliphatic rings. The minimum Gasteiger partial charge on any atom is -0.380 e. The van der Waals surface area contributed by atoms with Crippen molar-refractivity contribution in [1.82, 2.24) is 0 Å². The molecule has 0 aliphatic heterocycles. The minimum absolute atomic E-state index is 0. The zero-order chi connectivity index (χ0) is 15.9. The highest BCUT2D eigenvalue weighted by Gasteiger charge is 2.04. The fourth-order valence-electron chi connectivity index (χ4n) is 1.94. The summed E-state index contributed by atoms with van der Waals surface area (Å²) in [5.41, 5.74) is 8.45. The van der Waals surface area contributed by atoms with Crippen molar-refractivity contribution >= 4 is 51.6 Å². The Morgan fingerprint density at radius 3 is 2.74 bits per heavy atom. The zero-order valence-electron chi connectivity index (χ0n) is 12.6. The number of guanidine groups is 1. The first-order valence-corrected chi connectivity index (χ1v) is 7.47. The average molecular weight is 494 g/mol. The monoisotopic (exact) mass is 493 g/mol. The molecular weight excluding hydrogens is 476 g/mol. The average Bonchev–Trinajstić information content (AvgIpc) is 2.50. The van der Waals surface area contributed by atoms with E-state index in [9.17, 15) is 4.39 Å². The Balaban J connectivity index is 0.00000264. The van der Waals surface area contributed by atoms with Crippen LogP contribution in [-0.4, -0.2) is 13.1 Å². The Hall–Kier alpha value is -1.19. The molecule has 0 unspecified atom stereocenters. The van der Waals surface area contributed by atoms with Crippen molar-refractivity contribution in [1.29, 1.82) is 0 Å². The Bertz CT molecular complexity index is 682. The van der Waals surface area contributed by atoms with Crippen LogP contribution in [0.3, 0.4) is 0 Å². The number of nitrogens with zero attached hydrogens (tertiary/aromatic N) is 1. The third kappa shape index (κ3) is 6.08. The van der Waals surface area contributed by atoms with Gasteiger partial charge in [0.05, 0.1) is 13.2 Å². The van der Waals surface area contributed by atoms with Crippen molar-refractivity contribution < 1.29 is 9.13 Å². The lowest BCUT2D eigenvalue weighted by Crippen LogP contribution is -2.23. The van der Waals surface area contributed by atoms with Crippen molar-refractivity contribution in [3.63, 3.8) is 0 Å². The first kappa shape index (κ1) is 19.9. The first-order chi connectivity index (χ1) is 10.6. The van der Waals surface area contributed by atoms with Gasteiger partial charge in [-0.3, -0.25) is 0 Å². The van der Waals surface area contributed by atoms with E-state index in [1.54, 1.807) is 13.2 Å². The molecular formula is C16H18BrFIN3O. The highest BCUT2D eigenvalue weighted by atomic mass is 127. The molecule has 0 aliphatic carbocycles. The third-order valence-electron chi connectivity index (χ3n) is 3.01. The van der Waals surface area contributed by atoms with Gasteiger partial charge < -0.3 is 15.8 Å². The van der Waals surface area contributed by atoms with E-state index >= 15 is 0 Å². The number of nitrogens with one attached hydrogen (secondary N) is 1. The Morgan fingerprint density at radius 2 is 2.00 bits per heavy atom. The van der Waals surface area contributed by atoms with Crippen molar-refractivity contribution in [2.45, 2.75) is 13.2 Å². The van der Waals surface area contributed by atoms with E-state index in [0.717, 1.165) is 21.3 Å². The number of rotatable bonds is 5. The van der Waals surface area contributed by atoms with Crippen molar-refractivity contribution in [3.05, 3.63) is 63.9 Å². The summed E-state index contributed by atoms with van der Waals surface area (Å²) < 4.78 is 19.2. The van der Waals surface area contributed by atoms with Crippen LogP contribution in [0.5, 0.6) is 0 Å². The van der Waals surface area contributed by atoms with Crippen LogP contribution in [-0.2, 0) is 17.9 Å². The van der Waals surface area contributed by atoms with Crippen LogP contribution in [0.25, 0.3) is 0 Å². The third-order valence-corrected chi connectivity index (χ3v) is 3.78. The van der Waals surface area contributed by atoms with Gasteiger partial charge in [0, 0.05) is 22.8 Å². The number of methoxy groups -OCH3 is 1. The summed E-state index contributed by atoms with van der Waals surface area (Å²) in [6, 6.07) is 12.1. The summed E-state index contributed by atoms with van der Waals surface area (Å²) in [5.74, 6) is -0.0370. The molecule has 0 atom stereocenters. The maximum Gasteiger partial charge on any atom is 0.193 e. The van der Waals surface area contributed by atoms with E-state index in [2.05, 4.69) is 26.2 Å².